The zero-order chi connectivity index (χ0) is 12.4. The van der Waals surface area contributed by atoms with Crippen LogP contribution in [-0.4, -0.2) is 40.9 Å². The van der Waals surface area contributed by atoms with Crippen LogP contribution in [0.3, 0.4) is 0 Å². The largest absolute Gasteiger partial charge is 0.315 e. The van der Waals surface area contributed by atoms with E-state index in [1.807, 2.05) is 0 Å². The number of hydrogen-bond donors (Lipinski definition) is 1. The molecule has 17 heavy (non-hydrogen) atoms. The molecule has 1 saturated heterocycles. The molecule has 0 amide bonds. The first-order valence-corrected chi connectivity index (χ1v) is 6.53. The zero-order valence-electron chi connectivity index (χ0n) is 11.4. The SMILES string of the molecule is Cc1nn(C(C)C)cc1CN(C)C1CCNC1. The Hall–Kier alpha value is -0.870. The topological polar surface area (TPSA) is 33.1 Å². The molecule has 2 heterocycles. The lowest BCUT2D eigenvalue weighted by atomic mass is 10.2. The van der Waals surface area contributed by atoms with Gasteiger partial charge >= 0.3 is 0 Å². The van der Waals surface area contributed by atoms with Gasteiger partial charge in [0.15, 0.2) is 0 Å². The fourth-order valence-electron chi connectivity index (χ4n) is 2.35. The third kappa shape index (κ3) is 2.87. The van der Waals surface area contributed by atoms with E-state index in [1.54, 1.807) is 0 Å². The Balaban J connectivity index is 2.02. The van der Waals surface area contributed by atoms with Gasteiger partial charge < -0.3 is 5.32 Å². The third-order valence-corrected chi connectivity index (χ3v) is 3.62. The van der Waals surface area contributed by atoms with Gasteiger partial charge in [0.2, 0.25) is 0 Å². The highest BCUT2D eigenvalue weighted by molar-refractivity contribution is 5.15. The van der Waals surface area contributed by atoms with Crippen LogP contribution in [0.25, 0.3) is 0 Å². The molecule has 1 fully saturated rings. The second-order valence-corrected chi connectivity index (χ2v) is 5.38. The van der Waals surface area contributed by atoms with Crippen LogP contribution in [-0.2, 0) is 6.54 Å². The Labute approximate surface area is 104 Å². The van der Waals surface area contributed by atoms with Crippen LogP contribution in [0.4, 0.5) is 0 Å². The van der Waals surface area contributed by atoms with Gasteiger partial charge in [0.25, 0.3) is 0 Å². The Bertz CT molecular complexity index is 363. The van der Waals surface area contributed by atoms with Gasteiger partial charge in [-0.15, -0.1) is 0 Å². The Morgan fingerprint density at radius 1 is 1.59 bits per heavy atom. The minimum atomic E-state index is 0.445. The predicted molar refractivity (Wildman–Crippen MR) is 70.1 cm³/mol. The maximum absolute atomic E-state index is 4.56. The number of aryl methyl sites for hydroxylation is 1. The van der Waals surface area contributed by atoms with E-state index in [-0.39, 0.29) is 0 Å². The van der Waals surface area contributed by atoms with E-state index in [0.29, 0.717) is 12.1 Å². The van der Waals surface area contributed by atoms with Gasteiger partial charge in [0, 0.05) is 36.9 Å². The average Bonchev–Trinajstić information content (AvgIpc) is 2.88. The number of aromatic nitrogens is 2. The van der Waals surface area contributed by atoms with Crippen molar-refractivity contribution in [2.75, 3.05) is 20.1 Å². The van der Waals surface area contributed by atoms with E-state index in [0.717, 1.165) is 25.3 Å². The van der Waals surface area contributed by atoms with Crippen LogP contribution in [0.2, 0.25) is 0 Å². The summed E-state index contributed by atoms with van der Waals surface area (Å²) >= 11 is 0. The van der Waals surface area contributed by atoms with E-state index in [1.165, 1.54) is 12.0 Å². The highest BCUT2D eigenvalue weighted by Crippen LogP contribution is 2.15. The lowest BCUT2D eigenvalue weighted by Gasteiger charge is -2.22. The summed E-state index contributed by atoms with van der Waals surface area (Å²) in [4.78, 5) is 2.44. The van der Waals surface area contributed by atoms with E-state index < -0.39 is 0 Å². The average molecular weight is 236 g/mol. The van der Waals surface area contributed by atoms with E-state index in [4.69, 9.17) is 0 Å². The maximum atomic E-state index is 4.56. The van der Waals surface area contributed by atoms with Crippen molar-refractivity contribution in [2.24, 2.45) is 0 Å². The summed E-state index contributed by atoms with van der Waals surface area (Å²) in [5.74, 6) is 0. The summed E-state index contributed by atoms with van der Waals surface area (Å²) in [5, 5.41) is 7.98. The van der Waals surface area contributed by atoms with Gasteiger partial charge in [-0.25, -0.2) is 0 Å². The lowest BCUT2D eigenvalue weighted by molar-refractivity contribution is 0.248. The predicted octanol–water partition coefficient (Wildman–Crippen LogP) is 1.57. The third-order valence-electron chi connectivity index (χ3n) is 3.62. The normalized spacial score (nSPS) is 20.7. The summed E-state index contributed by atoms with van der Waals surface area (Å²) in [6, 6.07) is 1.12. The van der Waals surface area contributed by atoms with Crippen molar-refractivity contribution in [1.82, 2.24) is 20.0 Å². The van der Waals surface area contributed by atoms with Gasteiger partial charge in [-0.1, -0.05) is 0 Å². The highest BCUT2D eigenvalue weighted by Gasteiger charge is 2.20. The van der Waals surface area contributed by atoms with Crippen molar-refractivity contribution in [3.05, 3.63) is 17.5 Å². The first-order valence-electron chi connectivity index (χ1n) is 6.53. The van der Waals surface area contributed by atoms with Crippen molar-refractivity contribution in [3.8, 4) is 0 Å². The smallest absolute Gasteiger partial charge is 0.0638 e. The van der Waals surface area contributed by atoms with E-state index in [2.05, 4.69) is 54.0 Å². The molecule has 0 aliphatic carbocycles. The second kappa shape index (κ2) is 5.19. The lowest BCUT2D eigenvalue weighted by Crippen LogP contribution is -2.32. The maximum Gasteiger partial charge on any atom is 0.0638 e. The molecule has 0 bridgehead atoms. The molecule has 1 aliphatic heterocycles. The van der Waals surface area contributed by atoms with Crippen LogP contribution >= 0.6 is 0 Å². The number of nitrogens with one attached hydrogen (secondary N) is 1. The highest BCUT2D eigenvalue weighted by atomic mass is 15.3. The zero-order valence-corrected chi connectivity index (χ0v) is 11.4. The summed E-state index contributed by atoms with van der Waals surface area (Å²) in [7, 11) is 2.21. The number of nitrogens with zero attached hydrogens (tertiary/aromatic N) is 3. The van der Waals surface area contributed by atoms with Crippen molar-refractivity contribution < 1.29 is 0 Å². The van der Waals surface area contributed by atoms with Gasteiger partial charge in [-0.05, 0) is 40.8 Å². The molecule has 1 aromatic rings. The molecule has 4 nitrogen and oxygen atoms in total. The summed E-state index contributed by atoms with van der Waals surface area (Å²) in [6.45, 7) is 9.72. The molecule has 96 valence electrons. The van der Waals surface area contributed by atoms with Gasteiger partial charge in [-0.3, -0.25) is 9.58 Å². The molecule has 1 atom stereocenters. The van der Waals surface area contributed by atoms with E-state index >= 15 is 0 Å². The Morgan fingerprint density at radius 2 is 2.35 bits per heavy atom. The molecule has 0 spiro atoms. The van der Waals surface area contributed by atoms with Crippen molar-refractivity contribution in [1.29, 1.82) is 0 Å². The minimum absolute atomic E-state index is 0.445. The van der Waals surface area contributed by atoms with Crippen LogP contribution in [0.1, 0.15) is 37.6 Å². The fourth-order valence-corrected chi connectivity index (χ4v) is 2.35. The monoisotopic (exact) mass is 236 g/mol. The first-order chi connectivity index (χ1) is 8.08. The Morgan fingerprint density at radius 3 is 2.88 bits per heavy atom. The molecule has 0 saturated carbocycles. The van der Waals surface area contributed by atoms with Crippen LogP contribution in [0.5, 0.6) is 0 Å². The van der Waals surface area contributed by atoms with Gasteiger partial charge in [-0.2, -0.15) is 5.10 Å². The second-order valence-electron chi connectivity index (χ2n) is 5.38. The molecule has 0 radical (unpaired) electrons. The van der Waals surface area contributed by atoms with Crippen molar-refractivity contribution in [2.45, 2.75) is 45.8 Å². The quantitative estimate of drug-likeness (QED) is 0.861. The van der Waals surface area contributed by atoms with Crippen molar-refractivity contribution >= 4 is 0 Å². The molecule has 4 heteroatoms. The van der Waals surface area contributed by atoms with Gasteiger partial charge in [0.05, 0.1) is 5.69 Å². The van der Waals surface area contributed by atoms with Gasteiger partial charge in [0.1, 0.15) is 0 Å². The molecule has 1 aromatic heterocycles. The molecule has 1 aliphatic rings. The molecule has 1 N–H and O–H groups in total. The van der Waals surface area contributed by atoms with Crippen LogP contribution < -0.4 is 5.32 Å². The number of likely N-dealkylation sites (N-methyl/N-ethyl adjacent to an activating group) is 1. The van der Waals surface area contributed by atoms with Crippen molar-refractivity contribution in [3.63, 3.8) is 0 Å². The fraction of sp³-hybridized carbons (Fsp3) is 0.769. The number of hydrogen-bond acceptors (Lipinski definition) is 3. The molecule has 1 unspecified atom stereocenters. The molecule has 2 rings (SSSR count). The van der Waals surface area contributed by atoms with E-state index in [9.17, 15) is 0 Å². The molecule has 0 aromatic carbocycles. The minimum Gasteiger partial charge on any atom is -0.315 e. The summed E-state index contributed by atoms with van der Waals surface area (Å²) in [6.07, 6.45) is 3.45. The summed E-state index contributed by atoms with van der Waals surface area (Å²) in [5.41, 5.74) is 2.52. The van der Waals surface area contributed by atoms with Crippen LogP contribution in [0, 0.1) is 6.92 Å². The molecular weight excluding hydrogens is 212 g/mol. The first kappa shape index (κ1) is 12.6. The number of rotatable bonds is 4. The molecular formula is C13H24N4. The van der Waals surface area contributed by atoms with Crippen LogP contribution in [0.15, 0.2) is 6.20 Å². The Kier molecular flexibility index (Phi) is 3.84. The standard InChI is InChI=1S/C13H24N4/c1-10(2)17-9-12(11(3)15-17)8-16(4)13-5-6-14-7-13/h9-10,13-14H,5-8H2,1-4H3. The summed E-state index contributed by atoms with van der Waals surface area (Å²) < 4.78 is 2.06.